The molecule has 3 amide bonds. The lowest BCUT2D eigenvalue weighted by atomic mass is 9.84. The molecular formula is C26H27FN4O5. The van der Waals surface area contributed by atoms with E-state index in [0.717, 1.165) is 11.6 Å². The van der Waals surface area contributed by atoms with E-state index >= 15 is 0 Å². The van der Waals surface area contributed by atoms with E-state index in [1.807, 2.05) is 24.0 Å². The zero-order valence-electron chi connectivity index (χ0n) is 19.9. The van der Waals surface area contributed by atoms with Crippen LogP contribution in [-0.2, 0) is 14.3 Å². The zero-order valence-corrected chi connectivity index (χ0v) is 19.9. The number of halogens is 1. The Morgan fingerprint density at radius 3 is 2.53 bits per heavy atom. The minimum absolute atomic E-state index is 0.0173. The summed E-state index contributed by atoms with van der Waals surface area (Å²) in [5.74, 6) is -2.10. The summed E-state index contributed by atoms with van der Waals surface area (Å²) in [6.45, 7) is 3.13. The van der Waals surface area contributed by atoms with Gasteiger partial charge in [0.2, 0.25) is 23.5 Å². The normalized spacial score (nSPS) is 20.4. The summed E-state index contributed by atoms with van der Waals surface area (Å²) in [4.78, 5) is 44.1. The largest absolute Gasteiger partial charge is 0.447 e. The van der Waals surface area contributed by atoms with Gasteiger partial charge in [0.15, 0.2) is 5.58 Å². The molecule has 2 N–H and O–H groups in total. The Bertz CT molecular complexity index is 1300. The molecule has 5 rings (SSSR count). The number of ether oxygens (including phenoxy) is 1. The number of carbonyl (C=O) groups is 3. The van der Waals surface area contributed by atoms with Crippen molar-refractivity contribution in [1.82, 2.24) is 9.88 Å². The molecule has 1 saturated heterocycles. The molecule has 9 nitrogen and oxygen atoms in total. The van der Waals surface area contributed by atoms with E-state index in [4.69, 9.17) is 9.15 Å². The van der Waals surface area contributed by atoms with Crippen LogP contribution in [0, 0.1) is 18.8 Å². The minimum Gasteiger partial charge on any atom is -0.447 e. The van der Waals surface area contributed by atoms with Gasteiger partial charge in [0.05, 0.1) is 6.61 Å². The molecule has 0 unspecified atom stereocenters. The van der Waals surface area contributed by atoms with E-state index in [1.165, 1.54) is 6.07 Å². The van der Waals surface area contributed by atoms with Crippen LogP contribution in [0.15, 0.2) is 40.8 Å². The van der Waals surface area contributed by atoms with Crippen molar-refractivity contribution in [2.24, 2.45) is 5.92 Å². The molecule has 3 heterocycles. The average molecular weight is 495 g/mol. The highest BCUT2D eigenvalue weighted by Crippen LogP contribution is 2.33. The topological polar surface area (TPSA) is 114 Å². The second-order valence-electron chi connectivity index (χ2n) is 9.24. The molecule has 1 saturated carbocycles. The Morgan fingerprint density at radius 2 is 1.81 bits per heavy atom. The van der Waals surface area contributed by atoms with Crippen LogP contribution in [0.5, 0.6) is 0 Å². The Hall–Kier alpha value is -3.79. The summed E-state index contributed by atoms with van der Waals surface area (Å²) in [5.41, 5.74) is 1.90. The maximum absolute atomic E-state index is 13.9. The molecule has 0 spiro atoms. The molecule has 2 aromatic heterocycles. The summed E-state index contributed by atoms with van der Waals surface area (Å²) in [5, 5.41) is 5.53. The second-order valence-corrected chi connectivity index (χ2v) is 9.24. The molecular weight excluding hydrogens is 467 g/mol. The van der Waals surface area contributed by atoms with Gasteiger partial charge in [0.1, 0.15) is 17.8 Å². The fourth-order valence-corrected chi connectivity index (χ4v) is 4.84. The molecule has 36 heavy (non-hydrogen) atoms. The molecule has 1 aliphatic heterocycles. The molecule has 2 aliphatic rings. The first kappa shape index (κ1) is 23.9. The van der Waals surface area contributed by atoms with Gasteiger partial charge in [-0.15, -0.1) is 0 Å². The van der Waals surface area contributed by atoms with Crippen LogP contribution >= 0.6 is 0 Å². The Kier molecular flexibility index (Phi) is 6.69. The molecule has 3 aromatic rings. The molecule has 1 aliphatic carbocycles. The number of morpholine rings is 1. The average Bonchev–Trinajstić information content (AvgIpc) is 3.23. The lowest BCUT2D eigenvalue weighted by Gasteiger charge is -2.38. The van der Waals surface area contributed by atoms with Crippen molar-refractivity contribution in [1.29, 1.82) is 0 Å². The van der Waals surface area contributed by atoms with Gasteiger partial charge >= 0.3 is 0 Å². The van der Waals surface area contributed by atoms with Crippen molar-refractivity contribution in [3.63, 3.8) is 0 Å². The van der Waals surface area contributed by atoms with Crippen molar-refractivity contribution in [2.45, 2.75) is 38.6 Å². The number of aryl methyl sites for hydroxylation is 1. The lowest BCUT2D eigenvalue weighted by Crippen LogP contribution is -2.49. The number of rotatable bonds is 5. The van der Waals surface area contributed by atoms with E-state index in [1.54, 1.807) is 12.1 Å². The first-order valence-corrected chi connectivity index (χ1v) is 12.0. The highest BCUT2D eigenvalue weighted by Gasteiger charge is 2.34. The SMILES string of the molecule is Cc1ccc(NC(=O)c2oc3ccc(F)nc3c2NC(=O)[C@H]2CC[C@H](N3CCOCC3=O)CC2)cc1. The molecule has 0 radical (unpaired) electrons. The van der Waals surface area contributed by atoms with Crippen LogP contribution in [0.2, 0.25) is 0 Å². The van der Waals surface area contributed by atoms with E-state index in [2.05, 4.69) is 15.6 Å². The summed E-state index contributed by atoms with van der Waals surface area (Å²) < 4.78 is 24.9. The fourth-order valence-electron chi connectivity index (χ4n) is 4.84. The second kappa shape index (κ2) is 10.1. The highest BCUT2D eigenvalue weighted by molar-refractivity contribution is 6.13. The summed E-state index contributed by atoms with van der Waals surface area (Å²) in [6.07, 6.45) is 2.57. The number of hydrogen-bond acceptors (Lipinski definition) is 6. The number of amides is 3. The summed E-state index contributed by atoms with van der Waals surface area (Å²) >= 11 is 0. The Balaban J connectivity index is 1.33. The third kappa shape index (κ3) is 4.94. The lowest BCUT2D eigenvalue weighted by molar-refractivity contribution is -0.146. The third-order valence-electron chi connectivity index (χ3n) is 6.79. The van der Waals surface area contributed by atoms with Gasteiger partial charge < -0.3 is 24.7 Å². The van der Waals surface area contributed by atoms with Gasteiger partial charge in [-0.1, -0.05) is 17.7 Å². The van der Waals surface area contributed by atoms with Gasteiger partial charge in [-0.2, -0.15) is 4.39 Å². The Labute approximate surface area is 207 Å². The van der Waals surface area contributed by atoms with Crippen molar-refractivity contribution in [3.8, 4) is 0 Å². The number of furan rings is 1. The molecule has 10 heteroatoms. The zero-order chi connectivity index (χ0) is 25.2. The molecule has 2 fully saturated rings. The molecule has 188 valence electrons. The predicted molar refractivity (Wildman–Crippen MR) is 130 cm³/mol. The first-order valence-electron chi connectivity index (χ1n) is 12.0. The van der Waals surface area contributed by atoms with E-state index < -0.39 is 11.9 Å². The van der Waals surface area contributed by atoms with Crippen molar-refractivity contribution in [2.75, 3.05) is 30.4 Å². The Morgan fingerprint density at radius 1 is 1.06 bits per heavy atom. The van der Waals surface area contributed by atoms with Gasteiger partial charge in [0, 0.05) is 24.2 Å². The summed E-state index contributed by atoms with van der Waals surface area (Å²) in [7, 11) is 0. The number of fused-ring (bicyclic) bond motifs is 1. The first-order chi connectivity index (χ1) is 17.4. The smallest absolute Gasteiger partial charge is 0.293 e. The van der Waals surface area contributed by atoms with Gasteiger partial charge in [-0.05, 0) is 56.9 Å². The van der Waals surface area contributed by atoms with E-state index in [0.29, 0.717) is 44.5 Å². The number of pyridine rings is 1. The number of nitrogens with zero attached hydrogens (tertiary/aromatic N) is 2. The fraction of sp³-hybridized carbons (Fsp3) is 0.385. The third-order valence-corrected chi connectivity index (χ3v) is 6.79. The molecule has 1 aromatic carbocycles. The number of aromatic nitrogens is 1. The van der Waals surface area contributed by atoms with E-state index in [9.17, 15) is 18.8 Å². The van der Waals surface area contributed by atoms with Crippen LogP contribution in [0.25, 0.3) is 11.1 Å². The van der Waals surface area contributed by atoms with E-state index in [-0.39, 0.29) is 52.9 Å². The van der Waals surface area contributed by atoms with Crippen molar-refractivity contribution >= 4 is 40.2 Å². The van der Waals surface area contributed by atoms with Crippen LogP contribution in [0.3, 0.4) is 0 Å². The summed E-state index contributed by atoms with van der Waals surface area (Å²) in [6, 6.07) is 9.82. The van der Waals surface area contributed by atoms with Crippen molar-refractivity contribution in [3.05, 3.63) is 53.7 Å². The number of anilines is 2. The van der Waals surface area contributed by atoms with Gasteiger partial charge in [-0.25, -0.2) is 4.98 Å². The molecule has 0 atom stereocenters. The number of benzene rings is 1. The molecule has 0 bridgehead atoms. The van der Waals surface area contributed by atoms with Crippen LogP contribution in [-0.4, -0.2) is 53.4 Å². The quantitative estimate of drug-likeness (QED) is 0.521. The van der Waals surface area contributed by atoms with Gasteiger partial charge in [-0.3, -0.25) is 14.4 Å². The minimum atomic E-state index is -0.750. The maximum atomic E-state index is 13.9. The standard InChI is InChI=1S/C26H27FN4O5/c1-15-2-6-17(7-3-15)28-26(34)24-23(22-19(36-24)10-11-20(27)29-22)30-25(33)16-4-8-18(9-5-16)31-12-13-35-14-21(31)32/h2-3,6-7,10-11,16,18H,4-5,8-9,12-14H2,1H3,(H,28,34)(H,30,33)/t16-,18-. The predicted octanol–water partition coefficient (Wildman–Crippen LogP) is 3.88. The van der Waals surface area contributed by atoms with Crippen LogP contribution in [0.1, 0.15) is 41.8 Å². The van der Waals surface area contributed by atoms with Crippen LogP contribution < -0.4 is 10.6 Å². The number of nitrogens with one attached hydrogen (secondary N) is 2. The van der Waals surface area contributed by atoms with Crippen molar-refractivity contribution < 1.29 is 27.9 Å². The van der Waals surface area contributed by atoms with Gasteiger partial charge in [0.25, 0.3) is 5.91 Å². The highest BCUT2D eigenvalue weighted by atomic mass is 19.1. The number of hydrogen-bond donors (Lipinski definition) is 2. The van der Waals surface area contributed by atoms with Crippen LogP contribution in [0.4, 0.5) is 15.8 Å². The monoisotopic (exact) mass is 494 g/mol. The maximum Gasteiger partial charge on any atom is 0.293 e. The number of carbonyl (C=O) groups excluding carboxylic acids is 3.